The van der Waals surface area contributed by atoms with E-state index in [1.807, 2.05) is 68.4 Å². The average molecular weight is 344 g/mol. The van der Waals surface area contributed by atoms with Crippen molar-refractivity contribution >= 4 is 5.91 Å². The number of hydrogen-bond donors (Lipinski definition) is 1. The molecule has 1 N–H and O–H groups in total. The molecular weight excluding hydrogens is 320 g/mol. The van der Waals surface area contributed by atoms with E-state index in [2.05, 4.69) is 34.6 Å². The normalized spacial score (nSPS) is 11.3. The van der Waals surface area contributed by atoms with Gasteiger partial charge >= 0.3 is 0 Å². The van der Waals surface area contributed by atoms with Crippen LogP contribution in [-0.4, -0.2) is 10.9 Å². The lowest BCUT2D eigenvalue weighted by molar-refractivity contribution is -0.123. The highest BCUT2D eigenvalue weighted by molar-refractivity contribution is 5.78. The van der Waals surface area contributed by atoms with E-state index in [0.29, 0.717) is 6.42 Å². The van der Waals surface area contributed by atoms with Crippen molar-refractivity contribution in [3.05, 3.63) is 102 Å². The number of nitrogens with zero attached hydrogens (tertiary/aromatic N) is 1. The number of amides is 1. The Labute approximate surface area is 155 Å². The van der Waals surface area contributed by atoms with Crippen LogP contribution < -0.4 is 5.32 Å². The standard InChI is InChI=1S/C23H24N2O/c1-23(2,21-15-9-10-16-24-21)25-22(26)17-20(18-11-5-3-6-12-18)19-13-7-4-8-14-19/h3-16,20H,17H2,1-2H3,(H,25,26). The zero-order valence-electron chi connectivity index (χ0n) is 15.2. The Morgan fingerprint density at radius 3 is 1.92 bits per heavy atom. The van der Waals surface area contributed by atoms with Crippen LogP contribution in [0.4, 0.5) is 0 Å². The minimum Gasteiger partial charge on any atom is -0.346 e. The Balaban J connectivity index is 1.80. The Morgan fingerprint density at radius 2 is 1.42 bits per heavy atom. The summed E-state index contributed by atoms with van der Waals surface area (Å²) in [5.74, 6) is 0.0373. The van der Waals surface area contributed by atoms with E-state index in [9.17, 15) is 4.79 Å². The zero-order chi connectivity index (χ0) is 18.4. The molecule has 0 unspecified atom stereocenters. The van der Waals surface area contributed by atoms with Crippen LogP contribution >= 0.6 is 0 Å². The molecule has 0 spiro atoms. The summed E-state index contributed by atoms with van der Waals surface area (Å²) < 4.78 is 0. The van der Waals surface area contributed by atoms with Crippen molar-refractivity contribution in [3.8, 4) is 0 Å². The molecule has 3 heteroatoms. The number of nitrogens with one attached hydrogen (secondary N) is 1. The first-order valence-corrected chi connectivity index (χ1v) is 8.89. The van der Waals surface area contributed by atoms with E-state index in [1.165, 1.54) is 0 Å². The van der Waals surface area contributed by atoms with Gasteiger partial charge in [0.25, 0.3) is 0 Å². The van der Waals surface area contributed by atoms with Gasteiger partial charge in [0.05, 0.1) is 11.2 Å². The molecule has 1 aromatic heterocycles. The maximum Gasteiger partial charge on any atom is 0.221 e. The van der Waals surface area contributed by atoms with E-state index < -0.39 is 5.54 Å². The van der Waals surface area contributed by atoms with E-state index in [1.54, 1.807) is 6.20 Å². The molecule has 0 aliphatic rings. The molecule has 0 fully saturated rings. The molecular formula is C23H24N2O. The fourth-order valence-electron chi connectivity index (χ4n) is 3.18. The lowest BCUT2D eigenvalue weighted by atomic mass is 9.88. The second kappa shape index (κ2) is 7.96. The highest BCUT2D eigenvalue weighted by Crippen LogP contribution is 2.28. The van der Waals surface area contributed by atoms with Gasteiger partial charge in [-0.15, -0.1) is 0 Å². The molecule has 1 amide bonds. The third kappa shape index (κ3) is 4.37. The Morgan fingerprint density at radius 1 is 0.885 bits per heavy atom. The van der Waals surface area contributed by atoms with Crippen molar-refractivity contribution in [1.29, 1.82) is 0 Å². The van der Waals surface area contributed by atoms with Gasteiger partial charge in [-0.05, 0) is 37.1 Å². The quantitative estimate of drug-likeness (QED) is 0.707. The summed E-state index contributed by atoms with van der Waals surface area (Å²) in [5.41, 5.74) is 2.62. The summed E-state index contributed by atoms with van der Waals surface area (Å²) in [7, 11) is 0. The van der Waals surface area contributed by atoms with Gasteiger partial charge in [0.15, 0.2) is 0 Å². The molecule has 0 bridgehead atoms. The minimum absolute atomic E-state index is 0.0124. The number of carbonyl (C=O) groups excluding carboxylic acids is 1. The molecule has 3 nitrogen and oxygen atoms in total. The van der Waals surface area contributed by atoms with Gasteiger partial charge in [0.1, 0.15) is 0 Å². The summed E-state index contributed by atoms with van der Waals surface area (Å²) >= 11 is 0. The molecule has 3 rings (SSSR count). The predicted octanol–water partition coefficient (Wildman–Crippen LogP) is 4.66. The van der Waals surface area contributed by atoms with Gasteiger partial charge in [-0.25, -0.2) is 0 Å². The minimum atomic E-state index is -0.518. The topological polar surface area (TPSA) is 42.0 Å². The summed E-state index contributed by atoms with van der Waals surface area (Å²) in [5, 5.41) is 3.14. The van der Waals surface area contributed by atoms with Crippen LogP contribution in [0.2, 0.25) is 0 Å². The fourth-order valence-corrected chi connectivity index (χ4v) is 3.18. The molecule has 0 atom stereocenters. The van der Waals surface area contributed by atoms with Gasteiger partial charge in [-0.2, -0.15) is 0 Å². The van der Waals surface area contributed by atoms with Crippen LogP contribution in [0.5, 0.6) is 0 Å². The molecule has 2 aromatic carbocycles. The van der Waals surface area contributed by atoms with Crippen molar-refractivity contribution in [1.82, 2.24) is 10.3 Å². The smallest absolute Gasteiger partial charge is 0.221 e. The SMILES string of the molecule is CC(C)(NC(=O)CC(c1ccccc1)c1ccccc1)c1ccccn1. The van der Waals surface area contributed by atoms with Crippen molar-refractivity contribution in [2.75, 3.05) is 0 Å². The monoisotopic (exact) mass is 344 g/mol. The molecule has 0 radical (unpaired) electrons. The van der Waals surface area contributed by atoms with Crippen LogP contribution in [0.3, 0.4) is 0 Å². The maximum absolute atomic E-state index is 12.9. The molecule has 0 aliphatic heterocycles. The van der Waals surface area contributed by atoms with Gasteiger partial charge in [0.2, 0.25) is 5.91 Å². The number of benzene rings is 2. The van der Waals surface area contributed by atoms with E-state index in [0.717, 1.165) is 16.8 Å². The lowest BCUT2D eigenvalue weighted by Crippen LogP contribution is -2.42. The fraction of sp³-hybridized carbons (Fsp3) is 0.217. The van der Waals surface area contributed by atoms with Crippen LogP contribution in [0, 0.1) is 0 Å². The summed E-state index contributed by atoms with van der Waals surface area (Å²) in [6.45, 7) is 3.96. The maximum atomic E-state index is 12.9. The highest BCUT2D eigenvalue weighted by atomic mass is 16.1. The zero-order valence-corrected chi connectivity index (χ0v) is 15.2. The molecule has 0 aliphatic carbocycles. The van der Waals surface area contributed by atoms with Crippen LogP contribution in [-0.2, 0) is 10.3 Å². The second-order valence-corrected chi connectivity index (χ2v) is 6.97. The Bertz CT molecular complexity index is 790. The number of rotatable bonds is 6. The van der Waals surface area contributed by atoms with Crippen molar-refractivity contribution in [2.24, 2.45) is 0 Å². The Hall–Kier alpha value is -2.94. The Kier molecular flexibility index (Phi) is 5.47. The van der Waals surface area contributed by atoms with Crippen molar-refractivity contribution in [3.63, 3.8) is 0 Å². The third-order valence-electron chi connectivity index (χ3n) is 4.55. The second-order valence-electron chi connectivity index (χ2n) is 6.97. The summed E-state index contributed by atoms with van der Waals surface area (Å²) in [4.78, 5) is 17.2. The average Bonchev–Trinajstić information content (AvgIpc) is 2.68. The van der Waals surface area contributed by atoms with E-state index in [4.69, 9.17) is 0 Å². The van der Waals surface area contributed by atoms with Gasteiger partial charge in [-0.3, -0.25) is 9.78 Å². The number of aromatic nitrogens is 1. The third-order valence-corrected chi connectivity index (χ3v) is 4.55. The van der Waals surface area contributed by atoms with Crippen LogP contribution in [0.15, 0.2) is 85.1 Å². The number of carbonyl (C=O) groups is 1. The highest BCUT2D eigenvalue weighted by Gasteiger charge is 2.26. The molecule has 3 aromatic rings. The number of pyridine rings is 1. The summed E-state index contributed by atoms with van der Waals surface area (Å²) in [6, 6.07) is 26.1. The largest absolute Gasteiger partial charge is 0.346 e. The predicted molar refractivity (Wildman–Crippen MR) is 105 cm³/mol. The van der Waals surface area contributed by atoms with Crippen molar-refractivity contribution < 1.29 is 4.79 Å². The number of hydrogen-bond acceptors (Lipinski definition) is 2. The van der Waals surface area contributed by atoms with Crippen molar-refractivity contribution in [2.45, 2.75) is 31.7 Å². The van der Waals surface area contributed by atoms with E-state index >= 15 is 0 Å². The van der Waals surface area contributed by atoms with Crippen LogP contribution in [0.25, 0.3) is 0 Å². The molecule has 132 valence electrons. The van der Waals surface area contributed by atoms with Gasteiger partial charge < -0.3 is 5.32 Å². The van der Waals surface area contributed by atoms with Gasteiger partial charge in [-0.1, -0.05) is 66.7 Å². The van der Waals surface area contributed by atoms with Gasteiger partial charge in [0, 0.05) is 18.5 Å². The first kappa shape index (κ1) is 17.9. The van der Waals surface area contributed by atoms with E-state index in [-0.39, 0.29) is 11.8 Å². The lowest BCUT2D eigenvalue weighted by Gasteiger charge is -2.27. The van der Waals surface area contributed by atoms with Crippen LogP contribution in [0.1, 0.15) is 43.0 Å². The summed E-state index contributed by atoms with van der Waals surface area (Å²) in [6.07, 6.45) is 2.14. The first-order valence-electron chi connectivity index (χ1n) is 8.89. The molecule has 1 heterocycles. The molecule has 0 saturated heterocycles. The molecule has 26 heavy (non-hydrogen) atoms. The molecule has 0 saturated carbocycles. The first-order chi connectivity index (χ1) is 12.6.